The number of amides is 1. The predicted molar refractivity (Wildman–Crippen MR) is 86.3 cm³/mol. The van der Waals surface area contributed by atoms with Crippen LogP contribution < -0.4 is 5.32 Å². The Bertz CT molecular complexity index is 813. The van der Waals surface area contributed by atoms with Crippen molar-refractivity contribution in [1.29, 1.82) is 0 Å². The first-order valence-electron chi connectivity index (χ1n) is 6.53. The molecule has 3 rings (SSSR count). The van der Waals surface area contributed by atoms with E-state index >= 15 is 0 Å². The van der Waals surface area contributed by atoms with Gasteiger partial charge in [-0.25, -0.2) is 4.68 Å². The summed E-state index contributed by atoms with van der Waals surface area (Å²) in [5.41, 5.74) is 2.19. The number of halogens is 1. The number of carbonyl (C=O) groups excluding carboxylic acids is 1. The van der Waals surface area contributed by atoms with Gasteiger partial charge in [-0.05, 0) is 52.9 Å². The molecule has 3 aromatic rings. The van der Waals surface area contributed by atoms with E-state index in [0.717, 1.165) is 10.0 Å². The summed E-state index contributed by atoms with van der Waals surface area (Å²) in [5.74, 6) is 0.513. The smallest absolute Gasteiger partial charge is 0.255 e. The Morgan fingerprint density at radius 1 is 1.18 bits per heavy atom. The van der Waals surface area contributed by atoms with Gasteiger partial charge in [0.05, 0.1) is 0 Å². The van der Waals surface area contributed by atoms with E-state index in [1.165, 1.54) is 0 Å². The van der Waals surface area contributed by atoms with Gasteiger partial charge in [0.25, 0.3) is 5.91 Å². The summed E-state index contributed by atoms with van der Waals surface area (Å²) in [6.07, 6.45) is 0. The molecule has 0 unspecified atom stereocenters. The van der Waals surface area contributed by atoms with E-state index in [4.69, 9.17) is 0 Å². The Morgan fingerprint density at radius 3 is 2.59 bits per heavy atom. The molecule has 0 bridgehead atoms. The monoisotopic (exact) mass is 357 g/mol. The number of hydrogen-bond acceptors (Lipinski definition) is 4. The molecular formula is C15H12BrN5O. The van der Waals surface area contributed by atoms with Gasteiger partial charge in [0.2, 0.25) is 0 Å². The molecule has 1 N–H and O–H groups in total. The number of nitrogens with zero attached hydrogens (tertiary/aromatic N) is 4. The van der Waals surface area contributed by atoms with Crippen LogP contribution in [0.15, 0.2) is 53.0 Å². The van der Waals surface area contributed by atoms with Gasteiger partial charge in [0.15, 0.2) is 5.82 Å². The quantitative estimate of drug-likeness (QED) is 0.782. The predicted octanol–water partition coefficient (Wildman–Crippen LogP) is 2.89. The third-order valence-electron chi connectivity index (χ3n) is 3.11. The van der Waals surface area contributed by atoms with Crippen LogP contribution >= 0.6 is 15.9 Å². The van der Waals surface area contributed by atoms with Gasteiger partial charge in [-0.15, -0.1) is 5.10 Å². The molecule has 22 heavy (non-hydrogen) atoms. The number of tetrazole rings is 1. The third kappa shape index (κ3) is 3.04. The number of benzene rings is 2. The van der Waals surface area contributed by atoms with Crippen molar-refractivity contribution in [1.82, 2.24) is 20.2 Å². The standard InChI is InChI=1S/C15H12BrN5O/c1-21-14(18-19-20-21)10-5-7-13(8-6-10)17-15(22)11-3-2-4-12(16)9-11/h2-9H,1H3,(H,17,22). The van der Waals surface area contributed by atoms with Crippen LogP contribution in [0.3, 0.4) is 0 Å². The number of carbonyl (C=O) groups is 1. The topological polar surface area (TPSA) is 72.7 Å². The van der Waals surface area contributed by atoms with E-state index in [0.29, 0.717) is 17.1 Å². The van der Waals surface area contributed by atoms with Gasteiger partial charge >= 0.3 is 0 Å². The fourth-order valence-electron chi connectivity index (χ4n) is 2.01. The third-order valence-corrected chi connectivity index (χ3v) is 3.60. The summed E-state index contributed by atoms with van der Waals surface area (Å²) in [6.45, 7) is 0. The summed E-state index contributed by atoms with van der Waals surface area (Å²) in [6, 6.07) is 14.6. The fourth-order valence-corrected chi connectivity index (χ4v) is 2.41. The Balaban J connectivity index is 1.76. The van der Waals surface area contributed by atoms with Crippen LogP contribution in [0.4, 0.5) is 5.69 Å². The van der Waals surface area contributed by atoms with E-state index in [1.54, 1.807) is 23.9 Å². The molecule has 2 aromatic carbocycles. The minimum Gasteiger partial charge on any atom is -0.322 e. The minimum atomic E-state index is -0.158. The van der Waals surface area contributed by atoms with Gasteiger partial charge in [-0.3, -0.25) is 4.79 Å². The van der Waals surface area contributed by atoms with E-state index in [-0.39, 0.29) is 5.91 Å². The van der Waals surface area contributed by atoms with Gasteiger partial charge in [0, 0.05) is 28.3 Å². The van der Waals surface area contributed by atoms with Crippen LogP contribution in [0.2, 0.25) is 0 Å². The maximum Gasteiger partial charge on any atom is 0.255 e. The van der Waals surface area contributed by atoms with E-state index in [1.807, 2.05) is 36.4 Å². The van der Waals surface area contributed by atoms with Crippen LogP contribution in [0.1, 0.15) is 10.4 Å². The van der Waals surface area contributed by atoms with Gasteiger partial charge in [-0.1, -0.05) is 22.0 Å². The second-order valence-electron chi connectivity index (χ2n) is 4.67. The number of rotatable bonds is 3. The highest BCUT2D eigenvalue weighted by Gasteiger charge is 2.08. The number of nitrogens with one attached hydrogen (secondary N) is 1. The molecule has 6 nitrogen and oxygen atoms in total. The van der Waals surface area contributed by atoms with E-state index < -0.39 is 0 Å². The molecule has 0 atom stereocenters. The van der Waals surface area contributed by atoms with E-state index in [2.05, 4.69) is 36.8 Å². The number of hydrogen-bond donors (Lipinski definition) is 1. The Kier molecular flexibility index (Phi) is 3.97. The zero-order chi connectivity index (χ0) is 15.5. The zero-order valence-corrected chi connectivity index (χ0v) is 13.3. The Hall–Kier alpha value is -2.54. The molecule has 0 aliphatic carbocycles. The maximum atomic E-state index is 12.2. The molecule has 0 aliphatic rings. The van der Waals surface area contributed by atoms with Crippen LogP contribution in [0.5, 0.6) is 0 Å². The SMILES string of the molecule is Cn1nnnc1-c1ccc(NC(=O)c2cccc(Br)c2)cc1. The first-order valence-corrected chi connectivity index (χ1v) is 7.32. The van der Waals surface area contributed by atoms with Crippen LogP contribution in [-0.2, 0) is 7.05 Å². The second kappa shape index (κ2) is 6.07. The summed E-state index contributed by atoms with van der Waals surface area (Å²) in [5, 5.41) is 14.2. The van der Waals surface area contributed by atoms with E-state index in [9.17, 15) is 4.79 Å². The van der Waals surface area contributed by atoms with Crippen molar-refractivity contribution in [3.05, 3.63) is 58.6 Å². The van der Waals surface area contributed by atoms with Crippen LogP contribution in [0.25, 0.3) is 11.4 Å². The molecular weight excluding hydrogens is 346 g/mol. The van der Waals surface area contributed by atoms with Crippen LogP contribution in [0, 0.1) is 0 Å². The van der Waals surface area contributed by atoms with Crippen molar-refractivity contribution in [2.45, 2.75) is 0 Å². The van der Waals surface area contributed by atoms with Crippen molar-refractivity contribution in [2.75, 3.05) is 5.32 Å². The first kappa shape index (κ1) is 14.4. The largest absolute Gasteiger partial charge is 0.322 e. The lowest BCUT2D eigenvalue weighted by Gasteiger charge is -2.06. The highest BCUT2D eigenvalue weighted by atomic mass is 79.9. The number of anilines is 1. The normalized spacial score (nSPS) is 10.5. The van der Waals surface area contributed by atoms with Crippen molar-refractivity contribution in [3.63, 3.8) is 0 Å². The molecule has 1 heterocycles. The molecule has 0 aliphatic heterocycles. The average molecular weight is 358 g/mol. The molecule has 0 radical (unpaired) electrons. The molecule has 0 saturated carbocycles. The molecule has 0 spiro atoms. The molecule has 0 fully saturated rings. The molecule has 110 valence electrons. The summed E-state index contributed by atoms with van der Waals surface area (Å²) in [7, 11) is 1.78. The highest BCUT2D eigenvalue weighted by molar-refractivity contribution is 9.10. The second-order valence-corrected chi connectivity index (χ2v) is 5.58. The minimum absolute atomic E-state index is 0.158. The maximum absolute atomic E-state index is 12.2. The Morgan fingerprint density at radius 2 is 1.95 bits per heavy atom. The van der Waals surface area contributed by atoms with Crippen LogP contribution in [-0.4, -0.2) is 26.1 Å². The summed E-state index contributed by atoms with van der Waals surface area (Å²) in [4.78, 5) is 12.2. The van der Waals surface area contributed by atoms with Gasteiger partial charge in [0.1, 0.15) is 0 Å². The van der Waals surface area contributed by atoms with Crippen molar-refractivity contribution in [3.8, 4) is 11.4 Å². The molecule has 0 saturated heterocycles. The molecule has 1 amide bonds. The summed E-state index contributed by atoms with van der Waals surface area (Å²) >= 11 is 3.35. The van der Waals surface area contributed by atoms with Crippen molar-refractivity contribution < 1.29 is 4.79 Å². The molecule has 7 heteroatoms. The fraction of sp³-hybridized carbons (Fsp3) is 0.0667. The summed E-state index contributed by atoms with van der Waals surface area (Å²) < 4.78 is 2.46. The van der Waals surface area contributed by atoms with Gasteiger partial charge < -0.3 is 5.32 Å². The zero-order valence-electron chi connectivity index (χ0n) is 11.7. The lowest BCUT2D eigenvalue weighted by Crippen LogP contribution is -2.11. The lowest BCUT2D eigenvalue weighted by atomic mass is 10.1. The number of aromatic nitrogens is 4. The highest BCUT2D eigenvalue weighted by Crippen LogP contribution is 2.19. The number of aryl methyl sites for hydroxylation is 1. The Labute approximate surface area is 135 Å². The average Bonchev–Trinajstić information content (AvgIpc) is 2.94. The lowest BCUT2D eigenvalue weighted by molar-refractivity contribution is 0.102. The molecule has 1 aromatic heterocycles. The van der Waals surface area contributed by atoms with Crippen molar-refractivity contribution >= 4 is 27.5 Å². The van der Waals surface area contributed by atoms with Crippen molar-refractivity contribution in [2.24, 2.45) is 7.05 Å². The first-order chi connectivity index (χ1) is 10.6. The van der Waals surface area contributed by atoms with Gasteiger partial charge in [-0.2, -0.15) is 0 Å².